The number of nitrogens with one attached hydrogen (secondary N) is 2. The number of ether oxygens (including phenoxy) is 1. The summed E-state index contributed by atoms with van der Waals surface area (Å²) in [7, 11) is 1.73. The number of aliphatic hydroxyl groups excluding tert-OH is 1. The van der Waals surface area contributed by atoms with Crippen LogP contribution >= 0.6 is 0 Å². The second kappa shape index (κ2) is 19.2. The number of hydrogen-bond donors (Lipinski definition) is 3. The lowest BCUT2D eigenvalue weighted by Gasteiger charge is -2.36. The van der Waals surface area contributed by atoms with Crippen LogP contribution in [0.3, 0.4) is 0 Å². The summed E-state index contributed by atoms with van der Waals surface area (Å²) in [5, 5.41) is 24.3. The first-order valence-corrected chi connectivity index (χ1v) is 24.4. The van der Waals surface area contributed by atoms with Gasteiger partial charge in [0.05, 0.1) is 33.7 Å². The third-order valence-corrected chi connectivity index (χ3v) is 16.3. The van der Waals surface area contributed by atoms with Crippen molar-refractivity contribution in [3.05, 3.63) is 96.1 Å². The number of amides is 4. The molecule has 64 heavy (non-hydrogen) atoms. The molecule has 4 amide bonds. The maximum Gasteiger partial charge on any atom is 0.261 e. The molecule has 0 unspecified atom stereocenters. The fourth-order valence-electron chi connectivity index (χ4n) is 7.52. The van der Waals surface area contributed by atoms with E-state index in [1.807, 2.05) is 39.7 Å². The van der Waals surface area contributed by atoms with Crippen LogP contribution in [-0.2, 0) is 55.5 Å². The summed E-state index contributed by atoms with van der Waals surface area (Å²) in [5.41, 5.74) is 4.93. The van der Waals surface area contributed by atoms with Gasteiger partial charge in [-0.15, -0.1) is 0 Å². The number of pyridine rings is 2. The Bertz CT molecular complexity index is 2770. The molecule has 1 fully saturated rings. The van der Waals surface area contributed by atoms with Gasteiger partial charge in [-0.1, -0.05) is 20.8 Å². The monoisotopic (exact) mass is 888 g/mol. The van der Waals surface area contributed by atoms with Crippen LogP contribution in [0.2, 0.25) is 18.1 Å². The Morgan fingerprint density at radius 3 is 1.55 bits per heavy atom. The van der Waals surface area contributed by atoms with Crippen molar-refractivity contribution < 1.29 is 33.4 Å². The number of carbonyl (C=O) groups is 4. The first-order valence-electron chi connectivity index (χ1n) is 21.5. The lowest BCUT2D eigenvalue weighted by molar-refractivity contribution is -0.124. The Labute approximate surface area is 372 Å². The quantitative estimate of drug-likeness (QED) is 0.0822. The Hall–Kier alpha value is -6.34. The maximum absolute atomic E-state index is 12.8. The Morgan fingerprint density at radius 2 is 1.16 bits per heavy atom. The fraction of sp³-hybridized carbons (Fsp3) is 0.391. The largest absolute Gasteiger partial charge is 0.417 e. The lowest BCUT2D eigenvalue weighted by atomic mass is 10.00. The van der Waals surface area contributed by atoms with Crippen molar-refractivity contribution in [2.75, 3.05) is 26.4 Å². The van der Waals surface area contributed by atoms with Crippen molar-refractivity contribution in [1.29, 1.82) is 0 Å². The number of imide groups is 2. The zero-order chi connectivity index (χ0) is 45.8. The van der Waals surface area contributed by atoms with Crippen LogP contribution in [0.4, 0.5) is 0 Å². The molecule has 0 aliphatic carbocycles. The van der Waals surface area contributed by atoms with Crippen molar-refractivity contribution in [2.45, 2.75) is 77.7 Å². The van der Waals surface area contributed by atoms with E-state index in [1.165, 1.54) is 12.8 Å². The van der Waals surface area contributed by atoms with Gasteiger partial charge in [-0.3, -0.25) is 39.2 Å². The minimum Gasteiger partial charge on any atom is -0.417 e. The summed E-state index contributed by atoms with van der Waals surface area (Å²) in [6.45, 7) is 15.2. The Balaban J connectivity index is 0.000000176. The van der Waals surface area contributed by atoms with Gasteiger partial charge in [0, 0.05) is 113 Å². The second-order valence-corrected chi connectivity index (χ2v) is 22.2. The van der Waals surface area contributed by atoms with Crippen LogP contribution in [-0.4, -0.2) is 102 Å². The molecular formula is C46H56N10O7Si. The predicted octanol–water partition coefficient (Wildman–Crippen LogP) is 5.27. The summed E-state index contributed by atoms with van der Waals surface area (Å²) in [5.74, 6) is -1.74. The minimum absolute atomic E-state index is 0.0582. The standard InChI is InChI=1S/C24H31N5O3Si.C18H17N5O3.C4H8O/c1-24(2,3)33(5,6)32-14-8-12-29-15-17(16-9-7-11-25-21(16)29)19-20(23(31)26-22(19)30)18-10-13-28(4)27-18;1-22-8-5-13(21-22)15-14(17(25)20-18(15)26)12-10-23(7-3-9-24)16-11(12)4-2-6-19-16;1-2-4-5-3-1/h7,9-11,13,15H,8,12,14H2,1-6H3,(H,26,30,31);2,4-6,8,10,24H,3,7,9H2,1H3,(H,20,25,26);1-4H2. The normalized spacial score (nSPS) is 15.6. The zero-order valence-corrected chi connectivity index (χ0v) is 38.5. The number of rotatable bonds is 12. The molecule has 0 spiro atoms. The predicted molar refractivity (Wildman–Crippen MR) is 245 cm³/mol. The zero-order valence-electron chi connectivity index (χ0n) is 37.5. The van der Waals surface area contributed by atoms with Crippen LogP contribution < -0.4 is 10.6 Å². The number of aliphatic hydroxyl groups is 1. The summed E-state index contributed by atoms with van der Waals surface area (Å²) in [6.07, 6.45) is 14.6. The number of carbonyl (C=O) groups excluding carboxylic acids is 4. The SMILES string of the molecule is C1CCOC1.Cn1ccc(C2=C(c3cn(CCCO)c4ncccc34)C(=O)NC2=O)n1.Cn1ccc(C2=C(c3cn(CCCO[Si](C)(C)C(C)(C)C)c4ncccc34)C(=O)NC2=O)n1. The van der Waals surface area contributed by atoms with Crippen molar-refractivity contribution in [2.24, 2.45) is 14.1 Å². The molecule has 0 saturated carbocycles. The average Bonchev–Trinajstić information content (AvgIpc) is 4.13. The highest BCUT2D eigenvalue weighted by Crippen LogP contribution is 2.38. The molecule has 0 atom stereocenters. The van der Waals surface area contributed by atoms with Gasteiger partial charge in [0.1, 0.15) is 11.3 Å². The van der Waals surface area contributed by atoms with Gasteiger partial charge in [0.15, 0.2) is 8.32 Å². The molecule has 0 aromatic carbocycles. The Morgan fingerprint density at radius 1 is 0.703 bits per heavy atom. The molecule has 18 heteroatoms. The summed E-state index contributed by atoms with van der Waals surface area (Å²) < 4.78 is 18.4. The molecule has 336 valence electrons. The highest BCUT2D eigenvalue weighted by molar-refractivity contribution is 6.74. The van der Waals surface area contributed by atoms with Crippen molar-refractivity contribution in [3.63, 3.8) is 0 Å². The molecule has 3 N–H and O–H groups in total. The molecule has 17 nitrogen and oxygen atoms in total. The van der Waals surface area contributed by atoms with Crippen LogP contribution in [0.1, 0.15) is 69.0 Å². The average molecular weight is 889 g/mol. The van der Waals surface area contributed by atoms with E-state index in [1.54, 1.807) is 66.4 Å². The van der Waals surface area contributed by atoms with Gasteiger partial charge in [0.25, 0.3) is 23.6 Å². The van der Waals surface area contributed by atoms with Gasteiger partial charge >= 0.3 is 0 Å². The van der Waals surface area contributed by atoms with Crippen molar-refractivity contribution in [3.8, 4) is 0 Å². The van der Waals surface area contributed by atoms with Crippen LogP contribution in [0.25, 0.3) is 44.4 Å². The number of aromatic nitrogens is 8. The molecule has 1 saturated heterocycles. The van der Waals surface area contributed by atoms with E-state index < -0.39 is 31.9 Å². The maximum atomic E-state index is 12.8. The van der Waals surface area contributed by atoms with Gasteiger partial charge in [0.2, 0.25) is 0 Å². The number of hydrogen-bond acceptors (Lipinski definition) is 11. The van der Waals surface area contributed by atoms with E-state index in [9.17, 15) is 19.2 Å². The lowest BCUT2D eigenvalue weighted by Crippen LogP contribution is -2.41. The molecule has 3 aliphatic rings. The topological polar surface area (TPSA) is 202 Å². The number of fused-ring (bicyclic) bond motifs is 2. The van der Waals surface area contributed by atoms with Gasteiger partial charge in [-0.05, 0) is 80.2 Å². The molecule has 6 aromatic rings. The van der Waals surface area contributed by atoms with E-state index in [0.717, 1.165) is 36.1 Å². The molecular weight excluding hydrogens is 833 g/mol. The van der Waals surface area contributed by atoms with E-state index >= 15 is 0 Å². The third kappa shape index (κ3) is 9.59. The molecule has 3 aliphatic heterocycles. The molecule has 0 bridgehead atoms. The fourth-order valence-corrected chi connectivity index (χ4v) is 8.61. The summed E-state index contributed by atoms with van der Waals surface area (Å²) >= 11 is 0. The second-order valence-electron chi connectivity index (χ2n) is 17.4. The Kier molecular flexibility index (Phi) is 13.7. The van der Waals surface area contributed by atoms with E-state index in [0.29, 0.717) is 71.0 Å². The highest BCUT2D eigenvalue weighted by Gasteiger charge is 2.38. The van der Waals surface area contributed by atoms with E-state index in [-0.39, 0.29) is 17.2 Å². The molecule has 6 aromatic heterocycles. The van der Waals surface area contributed by atoms with Crippen LogP contribution in [0, 0.1) is 0 Å². The van der Waals surface area contributed by atoms with Crippen LogP contribution in [0.5, 0.6) is 0 Å². The van der Waals surface area contributed by atoms with Gasteiger partial charge < -0.3 is 23.4 Å². The first-order chi connectivity index (χ1) is 30.6. The molecule has 9 heterocycles. The number of aryl methyl sites for hydroxylation is 4. The molecule has 9 rings (SSSR count). The third-order valence-electron chi connectivity index (χ3n) is 11.8. The minimum atomic E-state index is -1.81. The summed E-state index contributed by atoms with van der Waals surface area (Å²) in [4.78, 5) is 59.4. The van der Waals surface area contributed by atoms with Crippen molar-refractivity contribution >= 4 is 76.3 Å². The van der Waals surface area contributed by atoms with E-state index in [2.05, 4.69) is 64.7 Å². The van der Waals surface area contributed by atoms with Crippen LogP contribution in [0.15, 0.2) is 73.6 Å². The van der Waals surface area contributed by atoms with E-state index in [4.69, 9.17) is 14.3 Å². The first kappa shape index (κ1) is 45.7. The highest BCUT2D eigenvalue weighted by atomic mass is 28.4. The molecule has 0 radical (unpaired) electrons. The summed E-state index contributed by atoms with van der Waals surface area (Å²) in [6, 6.07) is 10.9. The van der Waals surface area contributed by atoms with Gasteiger partial charge in [-0.25, -0.2) is 9.97 Å². The van der Waals surface area contributed by atoms with Gasteiger partial charge in [-0.2, -0.15) is 10.2 Å². The smallest absolute Gasteiger partial charge is 0.261 e. The number of nitrogens with zero attached hydrogens (tertiary/aromatic N) is 8. The van der Waals surface area contributed by atoms with Crippen molar-refractivity contribution in [1.82, 2.24) is 49.3 Å².